The molecule has 0 radical (unpaired) electrons. The lowest BCUT2D eigenvalue weighted by molar-refractivity contribution is -0.274. The molecule has 126 valence electrons. The minimum absolute atomic E-state index is 0.220. The number of carbonyl (C=O) groups excluding carboxylic acids is 1. The first kappa shape index (κ1) is 17.4. The van der Waals surface area contributed by atoms with Crippen LogP contribution in [0.4, 0.5) is 18.9 Å². The van der Waals surface area contributed by atoms with E-state index in [0.717, 1.165) is 0 Å². The standard InChI is InChI=1S/C17H14F3NO3/c1-23-14-6-2-12(3-7-14)16(22)10-11-21-13-4-8-15(9-5-13)24-17(18,19)20/h2-11,21H,1H3/b11-10-. The fourth-order valence-corrected chi connectivity index (χ4v) is 1.82. The van der Waals surface area contributed by atoms with Gasteiger partial charge in [0.25, 0.3) is 0 Å². The van der Waals surface area contributed by atoms with Gasteiger partial charge in [0.2, 0.25) is 0 Å². The maximum atomic E-state index is 12.0. The van der Waals surface area contributed by atoms with Gasteiger partial charge in [-0.1, -0.05) is 0 Å². The molecule has 0 aliphatic heterocycles. The Kier molecular flexibility index (Phi) is 5.47. The molecule has 0 fully saturated rings. The first-order valence-corrected chi connectivity index (χ1v) is 6.85. The number of alkyl halides is 3. The quantitative estimate of drug-likeness (QED) is 0.627. The van der Waals surface area contributed by atoms with Crippen molar-refractivity contribution < 1.29 is 27.4 Å². The molecule has 0 amide bonds. The lowest BCUT2D eigenvalue weighted by Crippen LogP contribution is -2.16. The maximum absolute atomic E-state index is 12.0. The molecule has 0 unspecified atom stereocenters. The molecule has 0 spiro atoms. The van der Waals surface area contributed by atoms with E-state index >= 15 is 0 Å². The highest BCUT2D eigenvalue weighted by molar-refractivity contribution is 6.04. The van der Waals surface area contributed by atoms with Gasteiger partial charge in [0, 0.05) is 23.5 Å². The molecule has 1 N–H and O–H groups in total. The number of allylic oxidation sites excluding steroid dienone is 1. The van der Waals surface area contributed by atoms with Crippen molar-refractivity contribution in [2.75, 3.05) is 12.4 Å². The highest BCUT2D eigenvalue weighted by atomic mass is 19.4. The van der Waals surface area contributed by atoms with Crippen LogP contribution in [0.25, 0.3) is 0 Å². The van der Waals surface area contributed by atoms with Gasteiger partial charge < -0.3 is 14.8 Å². The lowest BCUT2D eigenvalue weighted by atomic mass is 10.1. The molecule has 0 aromatic heterocycles. The zero-order chi connectivity index (χ0) is 17.6. The number of nitrogens with one attached hydrogen (secondary N) is 1. The lowest BCUT2D eigenvalue weighted by Gasteiger charge is -2.09. The van der Waals surface area contributed by atoms with Gasteiger partial charge in [-0.05, 0) is 48.5 Å². The normalized spacial score (nSPS) is 11.3. The van der Waals surface area contributed by atoms with Crippen LogP contribution in [0.5, 0.6) is 11.5 Å². The van der Waals surface area contributed by atoms with E-state index in [1.807, 2.05) is 0 Å². The Morgan fingerprint density at radius 2 is 1.58 bits per heavy atom. The molecule has 2 rings (SSSR count). The third-order valence-corrected chi connectivity index (χ3v) is 2.95. The van der Waals surface area contributed by atoms with Crippen molar-refractivity contribution in [2.45, 2.75) is 6.36 Å². The summed E-state index contributed by atoms with van der Waals surface area (Å²) >= 11 is 0. The summed E-state index contributed by atoms with van der Waals surface area (Å²) in [7, 11) is 1.53. The predicted octanol–water partition coefficient (Wildman–Crippen LogP) is 4.40. The number of anilines is 1. The van der Waals surface area contributed by atoms with Gasteiger partial charge in [0.05, 0.1) is 7.11 Å². The smallest absolute Gasteiger partial charge is 0.497 e. The van der Waals surface area contributed by atoms with Crippen molar-refractivity contribution in [2.24, 2.45) is 0 Å². The van der Waals surface area contributed by atoms with Crippen LogP contribution in [0.15, 0.2) is 60.8 Å². The molecule has 0 saturated carbocycles. The Bertz CT molecular complexity index is 707. The van der Waals surface area contributed by atoms with Gasteiger partial charge in [0.15, 0.2) is 5.78 Å². The van der Waals surface area contributed by atoms with E-state index in [9.17, 15) is 18.0 Å². The van der Waals surface area contributed by atoms with E-state index in [0.29, 0.717) is 17.0 Å². The van der Waals surface area contributed by atoms with Gasteiger partial charge in [-0.15, -0.1) is 13.2 Å². The van der Waals surface area contributed by atoms with E-state index in [1.165, 1.54) is 43.7 Å². The molecule has 4 nitrogen and oxygen atoms in total. The molecule has 0 saturated heterocycles. The summed E-state index contributed by atoms with van der Waals surface area (Å²) in [6.07, 6.45) is -1.99. The summed E-state index contributed by atoms with van der Waals surface area (Å²) in [5.74, 6) is 0.114. The van der Waals surface area contributed by atoms with E-state index in [2.05, 4.69) is 10.1 Å². The minimum atomic E-state index is -4.72. The second-order valence-corrected chi connectivity index (χ2v) is 4.64. The Morgan fingerprint density at radius 3 is 2.12 bits per heavy atom. The second-order valence-electron chi connectivity index (χ2n) is 4.64. The molecule has 0 atom stereocenters. The topological polar surface area (TPSA) is 47.6 Å². The van der Waals surface area contributed by atoms with Crippen molar-refractivity contribution in [3.8, 4) is 11.5 Å². The van der Waals surface area contributed by atoms with Gasteiger partial charge in [-0.25, -0.2) is 0 Å². The largest absolute Gasteiger partial charge is 0.573 e. The average Bonchev–Trinajstić information content (AvgIpc) is 2.55. The van der Waals surface area contributed by atoms with Crippen LogP contribution in [0.2, 0.25) is 0 Å². The number of ketones is 1. The second kappa shape index (κ2) is 7.54. The monoisotopic (exact) mass is 337 g/mol. The molecule has 0 bridgehead atoms. The molecule has 2 aromatic rings. The van der Waals surface area contributed by atoms with Crippen LogP contribution in [0.1, 0.15) is 10.4 Å². The van der Waals surface area contributed by atoms with Gasteiger partial charge in [0.1, 0.15) is 11.5 Å². The first-order valence-electron chi connectivity index (χ1n) is 6.85. The number of rotatable bonds is 6. The summed E-state index contributed by atoms with van der Waals surface area (Å²) in [4.78, 5) is 11.9. The summed E-state index contributed by atoms with van der Waals surface area (Å²) in [6.45, 7) is 0. The SMILES string of the molecule is COc1ccc(C(=O)/C=C\Nc2ccc(OC(F)(F)F)cc2)cc1. The Labute approximate surface area is 136 Å². The zero-order valence-electron chi connectivity index (χ0n) is 12.6. The molecule has 0 aliphatic carbocycles. The number of hydrogen-bond acceptors (Lipinski definition) is 4. The van der Waals surface area contributed by atoms with Crippen molar-refractivity contribution >= 4 is 11.5 Å². The average molecular weight is 337 g/mol. The van der Waals surface area contributed by atoms with Crippen LogP contribution in [0, 0.1) is 0 Å². The van der Waals surface area contributed by atoms with Crippen LogP contribution in [-0.4, -0.2) is 19.3 Å². The number of halogens is 3. The Balaban J connectivity index is 1.92. The third kappa shape index (κ3) is 5.35. The van der Waals surface area contributed by atoms with Crippen molar-refractivity contribution in [1.82, 2.24) is 0 Å². The first-order chi connectivity index (χ1) is 11.4. The summed E-state index contributed by atoms with van der Waals surface area (Å²) in [6, 6.07) is 11.8. The number of carbonyl (C=O) groups is 1. The van der Waals surface area contributed by atoms with E-state index in [1.54, 1.807) is 24.3 Å². The van der Waals surface area contributed by atoms with Crippen molar-refractivity contribution in [3.05, 3.63) is 66.4 Å². The third-order valence-electron chi connectivity index (χ3n) is 2.95. The highest BCUT2D eigenvalue weighted by Gasteiger charge is 2.30. The van der Waals surface area contributed by atoms with Gasteiger partial charge in [-0.2, -0.15) is 0 Å². The molecule has 7 heteroatoms. The Hall–Kier alpha value is -2.96. The molecule has 0 heterocycles. The molecule has 24 heavy (non-hydrogen) atoms. The number of hydrogen-bond donors (Lipinski definition) is 1. The van der Waals surface area contributed by atoms with E-state index in [4.69, 9.17) is 4.74 Å². The molecule has 0 aliphatic rings. The number of benzene rings is 2. The van der Waals surface area contributed by atoms with Crippen molar-refractivity contribution in [3.63, 3.8) is 0 Å². The Morgan fingerprint density at radius 1 is 1.00 bits per heavy atom. The van der Waals surface area contributed by atoms with Crippen LogP contribution >= 0.6 is 0 Å². The van der Waals surface area contributed by atoms with Crippen LogP contribution < -0.4 is 14.8 Å². The zero-order valence-corrected chi connectivity index (χ0v) is 12.6. The van der Waals surface area contributed by atoms with Gasteiger partial charge >= 0.3 is 6.36 Å². The molecular weight excluding hydrogens is 323 g/mol. The van der Waals surface area contributed by atoms with Crippen LogP contribution in [0.3, 0.4) is 0 Å². The summed E-state index contributed by atoms with van der Waals surface area (Å²) in [5, 5.41) is 2.80. The molecule has 2 aromatic carbocycles. The fraction of sp³-hybridized carbons (Fsp3) is 0.118. The maximum Gasteiger partial charge on any atom is 0.573 e. The summed E-state index contributed by atoms with van der Waals surface area (Å²) < 4.78 is 44.9. The number of methoxy groups -OCH3 is 1. The van der Waals surface area contributed by atoms with Crippen LogP contribution in [-0.2, 0) is 0 Å². The van der Waals surface area contributed by atoms with Crippen molar-refractivity contribution in [1.29, 1.82) is 0 Å². The highest BCUT2D eigenvalue weighted by Crippen LogP contribution is 2.23. The van der Waals surface area contributed by atoms with E-state index in [-0.39, 0.29) is 11.5 Å². The van der Waals surface area contributed by atoms with E-state index < -0.39 is 6.36 Å². The minimum Gasteiger partial charge on any atom is -0.497 e. The predicted molar refractivity (Wildman–Crippen MR) is 83.2 cm³/mol. The fourth-order valence-electron chi connectivity index (χ4n) is 1.82. The number of ether oxygens (including phenoxy) is 2. The molecular formula is C17H14F3NO3. The van der Waals surface area contributed by atoms with Gasteiger partial charge in [-0.3, -0.25) is 4.79 Å². The summed E-state index contributed by atoms with van der Waals surface area (Å²) in [5.41, 5.74) is 1.01.